The van der Waals surface area contributed by atoms with Crippen LogP contribution in [0.15, 0.2) is 18.3 Å². The molecule has 1 heterocycles. The second-order valence-corrected chi connectivity index (χ2v) is 3.26. The zero-order chi connectivity index (χ0) is 12.0. The topological polar surface area (TPSA) is 111 Å². The summed E-state index contributed by atoms with van der Waals surface area (Å²) in [5.41, 5.74) is 10.8. The summed E-state index contributed by atoms with van der Waals surface area (Å²) < 4.78 is 0. The molecular formula is C10H14N4O2. The highest BCUT2D eigenvalue weighted by molar-refractivity contribution is 5.98. The van der Waals surface area contributed by atoms with Gasteiger partial charge in [-0.25, -0.2) is 4.98 Å². The Kier molecular flexibility index (Phi) is 4.26. The number of carbonyl (C=O) groups excluding carboxylic acids is 2. The lowest BCUT2D eigenvalue weighted by atomic mass is 10.2. The molecule has 0 spiro atoms. The van der Waals surface area contributed by atoms with Crippen LogP contribution in [0, 0.1) is 0 Å². The molecule has 1 rings (SSSR count). The predicted octanol–water partition coefficient (Wildman–Crippen LogP) is -0.341. The smallest absolute Gasteiger partial charge is 0.255 e. The lowest BCUT2D eigenvalue weighted by molar-refractivity contribution is -0.118. The van der Waals surface area contributed by atoms with Crippen molar-refractivity contribution in [2.45, 2.75) is 12.8 Å². The Morgan fingerprint density at radius 1 is 1.44 bits per heavy atom. The second kappa shape index (κ2) is 5.69. The van der Waals surface area contributed by atoms with E-state index in [1.165, 1.54) is 6.20 Å². The highest BCUT2D eigenvalue weighted by Gasteiger charge is 2.08. The number of carbonyl (C=O) groups is 2. The number of hydrogen-bond donors (Lipinski definition) is 3. The van der Waals surface area contributed by atoms with Gasteiger partial charge in [-0.15, -0.1) is 0 Å². The Bertz CT molecular complexity index is 392. The number of primary amides is 1. The van der Waals surface area contributed by atoms with E-state index in [1.807, 2.05) is 0 Å². The van der Waals surface area contributed by atoms with Crippen LogP contribution >= 0.6 is 0 Å². The Balaban J connectivity index is 2.41. The van der Waals surface area contributed by atoms with Crippen molar-refractivity contribution in [2.24, 2.45) is 5.73 Å². The molecule has 0 aliphatic heterocycles. The number of nitrogens with zero attached hydrogens (tertiary/aromatic N) is 1. The Morgan fingerprint density at radius 2 is 2.19 bits per heavy atom. The number of amides is 2. The molecule has 16 heavy (non-hydrogen) atoms. The summed E-state index contributed by atoms with van der Waals surface area (Å²) in [4.78, 5) is 25.8. The fourth-order valence-electron chi connectivity index (χ4n) is 1.17. The van der Waals surface area contributed by atoms with Crippen molar-refractivity contribution in [2.75, 3.05) is 12.3 Å². The van der Waals surface area contributed by atoms with Crippen LogP contribution < -0.4 is 16.8 Å². The average Bonchev–Trinajstić information content (AvgIpc) is 2.24. The van der Waals surface area contributed by atoms with Crippen molar-refractivity contribution < 1.29 is 9.59 Å². The third-order valence-corrected chi connectivity index (χ3v) is 1.97. The number of hydrogen-bond acceptors (Lipinski definition) is 4. The van der Waals surface area contributed by atoms with E-state index >= 15 is 0 Å². The van der Waals surface area contributed by atoms with E-state index in [2.05, 4.69) is 10.3 Å². The first-order valence-corrected chi connectivity index (χ1v) is 4.88. The maximum Gasteiger partial charge on any atom is 0.255 e. The molecule has 0 aliphatic rings. The Labute approximate surface area is 93.0 Å². The van der Waals surface area contributed by atoms with Gasteiger partial charge in [0.15, 0.2) is 0 Å². The molecule has 5 N–H and O–H groups in total. The number of rotatable bonds is 5. The normalized spacial score (nSPS) is 9.75. The molecule has 86 valence electrons. The van der Waals surface area contributed by atoms with Gasteiger partial charge >= 0.3 is 0 Å². The van der Waals surface area contributed by atoms with Crippen LogP contribution in [-0.2, 0) is 4.79 Å². The van der Waals surface area contributed by atoms with Crippen molar-refractivity contribution >= 4 is 17.6 Å². The van der Waals surface area contributed by atoms with Crippen LogP contribution in [0.25, 0.3) is 0 Å². The first-order valence-electron chi connectivity index (χ1n) is 4.88. The van der Waals surface area contributed by atoms with Crippen LogP contribution in [0.2, 0.25) is 0 Å². The first-order chi connectivity index (χ1) is 7.61. The third-order valence-electron chi connectivity index (χ3n) is 1.97. The molecule has 0 aliphatic carbocycles. The number of nitrogens with one attached hydrogen (secondary N) is 1. The molecule has 1 aromatic rings. The zero-order valence-corrected chi connectivity index (χ0v) is 8.77. The zero-order valence-electron chi connectivity index (χ0n) is 8.77. The van der Waals surface area contributed by atoms with E-state index < -0.39 is 0 Å². The van der Waals surface area contributed by atoms with Crippen LogP contribution in [0.3, 0.4) is 0 Å². The minimum absolute atomic E-state index is 0.190. The van der Waals surface area contributed by atoms with Gasteiger partial charge in [-0.3, -0.25) is 9.59 Å². The standard InChI is InChI=1S/C10H14N4O2/c11-8(15)4-2-6-14-10(16)7-3-1-5-13-9(7)12/h1,3,5H,2,4,6H2,(H2,11,15)(H2,12,13)(H,14,16). The molecule has 0 saturated carbocycles. The predicted molar refractivity (Wildman–Crippen MR) is 59.4 cm³/mol. The summed E-state index contributed by atoms with van der Waals surface area (Å²) in [5, 5.41) is 2.63. The summed E-state index contributed by atoms with van der Waals surface area (Å²) >= 11 is 0. The molecule has 0 atom stereocenters. The van der Waals surface area contributed by atoms with E-state index in [0.717, 1.165) is 0 Å². The van der Waals surface area contributed by atoms with Crippen molar-refractivity contribution in [3.63, 3.8) is 0 Å². The van der Waals surface area contributed by atoms with Crippen LogP contribution in [0.1, 0.15) is 23.2 Å². The molecule has 2 amide bonds. The fraction of sp³-hybridized carbons (Fsp3) is 0.300. The van der Waals surface area contributed by atoms with Gasteiger partial charge in [0.2, 0.25) is 5.91 Å². The van der Waals surface area contributed by atoms with Crippen LogP contribution in [0.5, 0.6) is 0 Å². The molecule has 0 fully saturated rings. The maximum atomic E-state index is 11.6. The largest absolute Gasteiger partial charge is 0.383 e. The number of anilines is 1. The average molecular weight is 222 g/mol. The van der Waals surface area contributed by atoms with Crippen molar-refractivity contribution in [3.05, 3.63) is 23.9 Å². The molecule has 0 saturated heterocycles. The minimum Gasteiger partial charge on any atom is -0.383 e. The summed E-state index contributed by atoms with van der Waals surface area (Å²) in [6.45, 7) is 0.385. The van der Waals surface area contributed by atoms with E-state index in [1.54, 1.807) is 12.1 Å². The number of aromatic nitrogens is 1. The van der Waals surface area contributed by atoms with Gasteiger partial charge in [0, 0.05) is 19.2 Å². The van der Waals surface area contributed by atoms with Crippen LogP contribution in [-0.4, -0.2) is 23.3 Å². The molecule has 0 radical (unpaired) electrons. The summed E-state index contributed by atoms with van der Waals surface area (Å²) in [6, 6.07) is 3.22. The monoisotopic (exact) mass is 222 g/mol. The van der Waals surface area contributed by atoms with Gasteiger partial charge in [0.05, 0.1) is 5.56 Å². The number of pyridine rings is 1. The fourth-order valence-corrected chi connectivity index (χ4v) is 1.17. The van der Waals surface area contributed by atoms with Gasteiger partial charge < -0.3 is 16.8 Å². The minimum atomic E-state index is -0.379. The Hall–Kier alpha value is -2.11. The summed E-state index contributed by atoms with van der Waals surface area (Å²) in [7, 11) is 0. The van der Waals surface area contributed by atoms with E-state index in [-0.39, 0.29) is 24.1 Å². The molecule has 1 aromatic heterocycles. The molecular weight excluding hydrogens is 208 g/mol. The van der Waals surface area contributed by atoms with E-state index in [9.17, 15) is 9.59 Å². The lowest BCUT2D eigenvalue weighted by Crippen LogP contribution is -2.26. The van der Waals surface area contributed by atoms with Crippen molar-refractivity contribution in [3.8, 4) is 0 Å². The molecule has 6 nitrogen and oxygen atoms in total. The molecule has 0 aromatic carbocycles. The van der Waals surface area contributed by atoms with Gasteiger partial charge in [0.25, 0.3) is 5.91 Å². The van der Waals surface area contributed by atoms with E-state index in [0.29, 0.717) is 18.5 Å². The van der Waals surface area contributed by atoms with Gasteiger partial charge in [-0.1, -0.05) is 0 Å². The van der Waals surface area contributed by atoms with Gasteiger partial charge in [0.1, 0.15) is 5.82 Å². The third kappa shape index (κ3) is 3.56. The van der Waals surface area contributed by atoms with Gasteiger partial charge in [-0.05, 0) is 18.6 Å². The van der Waals surface area contributed by atoms with Crippen molar-refractivity contribution in [1.29, 1.82) is 0 Å². The number of nitrogens with two attached hydrogens (primary N) is 2. The molecule has 0 unspecified atom stereocenters. The highest BCUT2D eigenvalue weighted by Crippen LogP contribution is 2.05. The molecule has 6 heteroatoms. The van der Waals surface area contributed by atoms with Gasteiger partial charge in [-0.2, -0.15) is 0 Å². The van der Waals surface area contributed by atoms with E-state index in [4.69, 9.17) is 11.5 Å². The van der Waals surface area contributed by atoms with Crippen molar-refractivity contribution in [1.82, 2.24) is 10.3 Å². The quantitative estimate of drug-likeness (QED) is 0.591. The maximum absolute atomic E-state index is 11.6. The number of nitrogen functional groups attached to an aromatic ring is 1. The second-order valence-electron chi connectivity index (χ2n) is 3.26. The summed E-state index contributed by atoms with van der Waals surface area (Å²) in [5.74, 6) is -0.486. The SMILES string of the molecule is NC(=O)CCCNC(=O)c1cccnc1N. The van der Waals surface area contributed by atoms with Crippen LogP contribution in [0.4, 0.5) is 5.82 Å². The summed E-state index contributed by atoms with van der Waals surface area (Å²) in [6.07, 6.45) is 2.28. The highest BCUT2D eigenvalue weighted by atomic mass is 16.2. The molecule has 0 bridgehead atoms. The Morgan fingerprint density at radius 3 is 2.81 bits per heavy atom. The first kappa shape index (κ1) is 12.0. The lowest BCUT2D eigenvalue weighted by Gasteiger charge is -2.05.